The van der Waals surface area contributed by atoms with Gasteiger partial charge in [0.25, 0.3) is 11.8 Å². The van der Waals surface area contributed by atoms with Gasteiger partial charge in [0.1, 0.15) is 16.3 Å². The van der Waals surface area contributed by atoms with Crippen LogP contribution in [0.25, 0.3) is 11.0 Å². The first-order valence-electron chi connectivity index (χ1n) is 9.40. The molecule has 29 heavy (non-hydrogen) atoms. The molecule has 0 unspecified atom stereocenters. The van der Waals surface area contributed by atoms with Crippen LogP contribution in [-0.2, 0) is 24.1 Å². The zero-order valence-corrected chi connectivity index (χ0v) is 16.7. The van der Waals surface area contributed by atoms with Gasteiger partial charge in [-0.1, -0.05) is 6.92 Å². The quantitative estimate of drug-likeness (QED) is 0.605. The number of fused-ring (bicyclic) bond motifs is 2. The maximum atomic E-state index is 12.4. The molecule has 1 aliphatic carbocycles. The molecule has 4 rings (SSSR count). The van der Waals surface area contributed by atoms with Gasteiger partial charge in [-0.05, 0) is 48.9 Å². The number of carbonyl (C=O) groups excluding carboxylic acids is 2. The molecule has 0 bridgehead atoms. The first kappa shape index (κ1) is 19.2. The van der Waals surface area contributed by atoms with Gasteiger partial charge in [0.05, 0.1) is 5.56 Å². The number of amides is 2. The second kappa shape index (κ2) is 7.71. The minimum atomic E-state index is -0.531. The number of nitrogens with two attached hydrogens (primary N) is 1. The Labute approximate surface area is 170 Å². The van der Waals surface area contributed by atoms with Gasteiger partial charge in [-0.2, -0.15) is 0 Å². The van der Waals surface area contributed by atoms with E-state index in [9.17, 15) is 14.4 Å². The Morgan fingerprint density at radius 2 is 2.10 bits per heavy atom. The lowest BCUT2D eigenvalue weighted by Gasteiger charge is -2.09. The monoisotopic (exact) mass is 412 g/mol. The fraction of sp³-hybridized carbons (Fsp3) is 0.286. The lowest BCUT2D eigenvalue weighted by Crippen LogP contribution is -2.22. The fourth-order valence-electron chi connectivity index (χ4n) is 3.66. The van der Waals surface area contributed by atoms with Crippen molar-refractivity contribution in [1.82, 2.24) is 0 Å². The van der Waals surface area contributed by atoms with E-state index in [1.165, 1.54) is 17.4 Å². The number of nitrogens with one attached hydrogen (secondary N) is 1. The zero-order chi connectivity index (χ0) is 20.5. The maximum Gasteiger partial charge on any atom is 0.336 e. The molecule has 0 saturated heterocycles. The first-order chi connectivity index (χ1) is 14.0. The van der Waals surface area contributed by atoms with Crippen LogP contribution in [-0.4, -0.2) is 18.4 Å². The van der Waals surface area contributed by atoms with Crippen LogP contribution in [0.15, 0.2) is 33.5 Å². The number of hydrogen-bond donors (Lipinski definition) is 2. The van der Waals surface area contributed by atoms with Crippen LogP contribution in [0.1, 0.15) is 39.7 Å². The molecule has 0 spiro atoms. The third-order valence-electron chi connectivity index (χ3n) is 4.97. The number of primary amides is 1. The van der Waals surface area contributed by atoms with E-state index in [0.717, 1.165) is 40.7 Å². The molecule has 0 saturated carbocycles. The molecular formula is C21H20N2O5S. The molecular weight excluding hydrogens is 392 g/mol. The van der Waals surface area contributed by atoms with Crippen molar-refractivity contribution in [3.05, 3.63) is 56.3 Å². The molecule has 1 aromatic carbocycles. The molecule has 0 radical (unpaired) electrons. The summed E-state index contributed by atoms with van der Waals surface area (Å²) >= 11 is 1.40. The van der Waals surface area contributed by atoms with Gasteiger partial charge in [-0.25, -0.2) is 4.79 Å². The predicted molar refractivity (Wildman–Crippen MR) is 111 cm³/mol. The van der Waals surface area contributed by atoms with E-state index >= 15 is 0 Å². The topological polar surface area (TPSA) is 112 Å². The number of carbonyl (C=O) groups is 2. The van der Waals surface area contributed by atoms with Crippen LogP contribution in [0.5, 0.6) is 5.75 Å². The van der Waals surface area contributed by atoms with Crippen LogP contribution in [0.2, 0.25) is 0 Å². The summed E-state index contributed by atoms with van der Waals surface area (Å²) in [4.78, 5) is 37.0. The van der Waals surface area contributed by atoms with Crippen LogP contribution >= 0.6 is 11.3 Å². The lowest BCUT2D eigenvalue weighted by molar-refractivity contribution is -0.118. The summed E-state index contributed by atoms with van der Waals surface area (Å²) in [6.45, 7) is 1.72. The van der Waals surface area contributed by atoms with Gasteiger partial charge >= 0.3 is 5.63 Å². The summed E-state index contributed by atoms with van der Waals surface area (Å²) in [6.07, 6.45) is 3.40. The Morgan fingerprint density at radius 1 is 1.28 bits per heavy atom. The van der Waals surface area contributed by atoms with E-state index in [0.29, 0.717) is 28.3 Å². The number of hydrogen-bond acceptors (Lipinski definition) is 6. The summed E-state index contributed by atoms with van der Waals surface area (Å²) in [5.74, 6) is -0.513. The summed E-state index contributed by atoms with van der Waals surface area (Å²) in [5, 5.41) is 4.05. The van der Waals surface area contributed by atoms with Crippen molar-refractivity contribution in [3.8, 4) is 5.75 Å². The standard InChI is InChI=1S/C21H20N2O5S/c1-2-11-8-18(25)28-15-9-12(6-7-13(11)15)27-10-17(24)23-21-19(20(22)26)14-4-3-5-16(14)29-21/h6-9H,2-5,10H2,1H3,(H2,22,26)(H,23,24). The highest BCUT2D eigenvalue weighted by molar-refractivity contribution is 7.17. The van der Waals surface area contributed by atoms with Crippen molar-refractivity contribution in [3.63, 3.8) is 0 Å². The minimum absolute atomic E-state index is 0.246. The van der Waals surface area contributed by atoms with Crippen molar-refractivity contribution in [2.45, 2.75) is 32.6 Å². The van der Waals surface area contributed by atoms with E-state index < -0.39 is 17.4 Å². The molecule has 2 amide bonds. The van der Waals surface area contributed by atoms with Crippen LogP contribution in [0, 0.1) is 0 Å². The number of anilines is 1. The van der Waals surface area contributed by atoms with Crippen molar-refractivity contribution in [2.75, 3.05) is 11.9 Å². The van der Waals surface area contributed by atoms with Crippen LogP contribution < -0.4 is 21.4 Å². The highest BCUT2D eigenvalue weighted by Gasteiger charge is 2.26. The average molecular weight is 412 g/mol. The Kier molecular flexibility index (Phi) is 5.10. The molecule has 1 aliphatic rings. The van der Waals surface area contributed by atoms with Gasteiger partial charge in [0.15, 0.2) is 6.61 Å². The third-order valence-corrected chi connectivity index (χ3v) is 6.18. The molecule has 0 atom stereocenters. The van der Waals surface area contributed by atoms with Crippen molar-refractivity contribution >= 4 is 39.1 Å². The summed E-state index contributed by atoms with van der Waals surface area (Å²) < 4.78 is 10.8. The maximum absolute atomic E-state index is 12.4. The molecule has 2 aromatic heterocycles. The second-order valence-corrected chi connectivity index (χ2v) is 7.97. The van der Waals surface area contributed by atoms with Gasteiger partial charge in [-0.3, -0.25) is 9.59 Å². The second-order valence-electron chi connectivity index (χ2n) is 6.86. The van der Waals surface area contributed by atoms with Gasteiger partial charge in [0, 0.05) is 22.4 Å². The van der Waals surface area contributed by atoms with E-state index in [1.54, 1.807) is 18.2 Å². The molecule has 0 fully saturated rings. The van der Waals surface area contributed by atoms with E-state index in [2.05, 4.69) is 5.32 Å². The predicted octanol–water partition coefficient (Wildman–Crippen LogP) is 3.02. The Morgan fingerprint density at radius 3 is 2.86 bits per heavy atom. The SMILES string of the molecule is CCc1cc(=O)oc2cc(OCC(=O)Nc3sc4c(c3C(N)=O)CCC4)ccc12. The molecule has 3 aromatic rings. The van der Waals surface area contributed by atoms with Gasteiger partial charge in [0.2, 0.25) is 0 Å². The highest BCUT2D eigenvalue weighted by atomic mass is 32.1. The van der Waals surface area contributed by atoms with E-state index in [1.807, 2.05) is 6.92 Å². The number of thiophene rings is 1. The summed E-state index contributed by atoms with van der Waals surface area (Å²) in [5.41, 5.74) is 7.76. The van der Waals surface area contributed by atoms with Crippen molar-refractivity contribution in [2.24, 2.45) is 5.73 Å². The molecule has 2 heterocycles. The number of benzene rings is 1. The largest absolute Gasteiger partial charge is 0.484 e. The average Bonchev–Trinajstić information content (AvgIpc) is 3.25. The highest BCUT2D eigenvalue weighted by Crippen LogP contribution is 2.38. The Hall–Kier alpha value is -3.13. The van der Waals surface area contributed by atoms with E-state index in [4.69, 9.17) is 14.9 Å². The third kappa shape index (κ3) is 3.75. The summed E-state index contributed by atoms with van der Waals surface area (Å²) in [7, 11) is 0. The summed E-state index contributed by atoms with van der Waals surface area (Å²) in [6, 6.07) is 6.60. The Balaban J connectivity index is 1.48. The number of rotatable bonds is 6. The smallest absolute Gasteiger partial charge is 0.336 e. The number of aryl methyl sites for hydroxylation is 2. The van der Waals surface area contributed by atoms with Crippen LogP contribution in [0.4, 0.5) is 5.00 Å². The molecule has 8 heteroatoms. The van der Waals surface area contributed by atoms with Crippen molar-refractivity contribution in [1.29, 1.82) is 0 Å². The van der Waals surface area contributed by atoms with Gasteiger partial charge < -0.3 is 20.2 Å². The molecule has 3 N–H and O–H groups in total. The normalized spacial score (nSPS) is 12.7. The molecule has 150 valence electrons. The van der Waals surface area contributed by atoms with Gasteiger partial charge in [-0.15, -0.1) is 11.3 Å². The minimum Gasteiger partial charge on any atom is -0.484 e. The fourth-order valence-corrected chi connectivity index (χ4v) is 4.97. The lowest BCUT2D eigenvalue weighted by atomic mass is 10.1. The molecule has 0 aliphatic heterocycles. The Bertz CT molecular complexity index is 1180. The molecule has 7 nitrogen and oxygen atoms in total. The number of ether oxygens (including phenoxy) is 1. The van der Waals surface area contributed by atoms with Crippen LogP contribution in [0.3, 0.4) is 0 Å². The van der Waals surface area contributed by atoms with Crippen molar-refractivity contribution < 1.29 is 18.7 Å². The first-order valence-corrected chi connectivity index (χ1v) is 10.2. The van der Waals surface area contributed by atoms with E-state index in [-0.39, 0.29) is 6.61 Å². The zero-order valence-electron chi connectivity index (χ0n) is 15.9.